The number of ether oxygens (including phenoxy) is 3. The Labute approximate surface area is 248 Å². The summed E-state index contributed by atoms with van der Waals surface area (Å²) in [5.41, 5.74) is 9.62. The van der Waals surface area contributed by atoms with E-state index in [1.54, 1.807) is 24.7 Å². The third-order valence-corrected chi connectivity index (χ3v) is 8.10. The van der Waals surface area contributed by atoms with E-state index < -0.39 is 5.82 Å². The molecule has 0 radical (unpaired) electrons. The van der Waals surface area contributed by atoms with Crippen LogP contribution in [-0.2, 0) is 11.3 Å². The maximum absolute atomic E-state index is 14.4. The Balaban J connectivity index is 1.08. The predicted octanol–water partition coefficient (Wildman–Crippen LogP) is 5.17. The van der Waals surface area contributed by atoms with Gasteiger partial charge in [0.1, 0.15) is 58.3 Å². The van der Waals surface area contributed by atoms with E-state index in [4.69, 9.17) is 24.9 Å². The van der Waals surface area contributed by atoms with Crippen LogP contribution in [0.15, 0.2) is 67.3 Å². The van der Waals surface area contributed by atoms with E-state index in [1.807, 2.05) is 37.4 Å². The molecule has 0 spiro atoms. The lowest BCUT2D eigenvalue weighted by Crippen LogP contribution is -2.49. The minimum absolute atomic E-state index is 0.213. The number of morpholine rings is 1. The summed E-state index contributed by atoms with van der Waals surface area (Å²) in [6.45, 7) is 5.61. The van der Waals surface area contributed by atoms with Gasteiger partial charge in [0.25, 0.3) is 0 Å². The van der Waals surface area contributed by atoms with E-state index in [1.165, 1.54) is 12.1 Å². The molecular weight excluding hydrogens is 549 g/mol. The molecular formula is C32H32FN7O3. The van der Waals surface area contributed by atoms with Crippen molar-refractivity contribution in [1.82, 2.24) is 29.2 Å². The normalized spacial score (nSPS) is 18.8. The molecule has 5 aromatic rings. The lowest BCUT2D eigenvalue weighted by Gasteiger charge is -2.43. The average Bonchev–Trinajstić information content (AvgIpc) is 3.37. The van der Waals surface area contributed by atoms with E-state index in [0.717, 1.165) is 67.3 Å². The van der Waals surface area contributed by atoms with Crippen LogP contribution in [0.1, 0.15) is 36.0 Å². The van der Waals surface area contributed by atoms with Gasteiger partial charge < -0.3 is 19.9 Å². The molecule has 1 aliphatic heterocycles. The summed E-state index contributed by atoms with van der Waals surface area (Å²) in [6, 6.07) is 12.4. The van der Waals surface area contributed by atoms with E-state index in [9.17, 15) is 4.39 Å². The van der Waals surface area contributed by atoms with Gasteiger partial charge in [0.2, 0.25) is 0 Å². The van der Waals surface area contributed by atoms with Crippen molar-refractivity contribution in [2.45, 2.75) is 38.3 Å². The summed E-state index contributed by atoms with van der Waals surface area (Å²) in [6.07, 6.45) is 9.15. The molecule has 11 heteroatoms. The van der Waals surface area contributed by atoms with Crippen LogP contribution in [0.25, 0.3) is 16.8 Å². The smallest absolute Gasteiger partial charge is 0.150 e. The highest BCUT2D eigenvalue weighted by molar-refractivity contribution is 5.85. The van der Waals surface area contributed by atoms with Gasteiger partial charge in [-0.2, -0.15) is 0 Å². The number of hydrogen-bond donors (Lipinski definition) is 1. The number of nitrogens with two attached hydrogens (primary N) is 1. The second-order valence-corrected chi connectivity index (χ2v) is 11.0. The fourth-order valence-electron chi connectivity index (χ4n) is 5.77. The number of fused-ring (bicyclic) bond motifs is 1. The van der Waals surface area contributed by atoms with E-state index in [2.05, 4.69) is 24.3 Å². The van der Waals surface area contributed by atoms with Crippen molar-refractivity contribution in [3.63, 3.8) is 0 Å². The number of aromatic nitrogens is 5. The Hall–Kier alpha value is -4.61. The van der Waals surface area contributed by atoms with Crippen molar-refractivity contribution < 1.29 is 18.6 Å². The summed E-state index contributed by atoms with van der Waals surface area (Å²) >= 11 is 0. The third-order valence-electron chi connectivity index (χ3n) is 8.10. The number of nitrogen functional groups attached to an aromatic ring is 1. The van der Waals surface area contributed by atoms with Crippen LogP contribution in [0.5, 0.6) is 17.2 Å². The van der Waals surface area contributed by atoms with Gasteiger partial charge in [-0.1, -0.05) is 0 Å². The van der Waals surface area contributed by atoms with Crippen LogP contribution in [-0.4, -0.2) is 61.6 Å². The summed E-state index contributed by atoms with van der Waals surface area (Å²) in [5.74, 6) is 3.23. The number of anilines is 1. The van der Waals surface area contributed by atoms with Crippen LogP contribution >= 0.6 is 0 Å². The van der Waals surface area contributed by atoms with Gasteiger partial charge in [0.05, 0.1) is 13.2 Å². The molecule has 43 heavy (non-hydrogen) atoms. The first-order chi connectivity index (χ1) is 21.0. The minimum atomic E-state index is -0.462. The summed E-state index contributed by atoms with van der Waals surface area (Å²) in [7, 11) is 0. The molecule has 220 valence electrons. The molecule has 10 nitrogen and oxygen atoms in total. The van der Waals surface area contributed by atoms with Gasteiger partial charge in [0.15, 0.2) is 0 Å². The molecule has 2 fully saturated rings. The van der Waals surface area contributed by atoms with Crippen molar-refractivity contribution in [3.8, 4) is 28.5 Å². The fraction of sp³-hybridized carbons (Fsp3) is 0.312. The predicted molar refractivity (Wildman–Crippen MR) is 159 cm³/mol. The zero-order valence-electron chi connectivity index (χ0n) is 23.8. The second kappa shape index (κ2) is 11.6. The molecule has 0 amide bonds. The zero-order valence-corrected chi connectivity index (χ0v) is 23.8. The highest BCUT2D eigenvalue weighted by atomic mass is 19.1. The molecule has 0 unspecified atom stereocenters. The van der Waals surface area contributed by atoms with Crippen LogP contribution in [0.2, 0.25) is 0 Å². The topological polar surface area (TPSA) is 113 Å². The van der Waals surface area contributed by atoms with E-state index in [0.29, 0.717) is 40.9 Å². The van der Waals surface area contributed by atoms with Gasteiger partial charge in [-0.15, -0.1) is 0 Å². The molecule has 1 aliphatic carbocycles. The number of nitrogens with zero attached hydrogens (tertiary/aromatic N) is 6. The number of aryl methyl sites for hydroxylation is 1. The second-order valence-electron chi connectivity index (χ2n) is 11.0. The number of benzene rings is 2. The molecule has 0 atom stereocenters. The number of halogens is 1. The molecule has 4 heterocycles. The quantitative estimate of drug-likeness (QED) is 0.265. The van der Waals surface area contributed by atoms with Gasteiger partial charge in [-0.25, -0.2) is 24.3 Å². The highest BCUT2D eigenvalue weighted by Crippen LogP contribution is 2.42. The molecule has 1 saturated heterocycles. The van der Waals surface area contributed by atoms with Gasteiger partial charge >= 0.3 is 0 Å². The molecule has 3 aromatic heterocycles. The lowest BCUT2D eigenvalue weighted by molar-refractivity contribution is -0.00778. The van der Waals surface area contributed by atoms with Crippen molar-refractivity contribution in [2.24, 2.45) is 0 Å². The summed E-state index contributed by atoms with van der Waals surface area (Å²) in [4.78, 5) is 20.3. The standard InChI is InChI=1S/C32H32FN7O3/c1-20-36-17-21(18-37-20)19-42-27-14-24(33)15-28(16-27)43-26-4-2-22(3-5-26)29-30-31(34)35-6-7-40(30)32(38-29)23-12-25(13-23)39-8-10-41-11-9-39/h2-7,14-18,23,25H,8-13,19H2,1H3,(H2,34,35)/t23-,25+. The Morgan fingerprint density at radius 3 is 2.49 bits per heavy atom. The van der Waals surface area contributed by atoms with Gasteiger partial charge in [-0.05, 0) is 44.0 Å². The molecule has 2 aliphatic rings. The molecule has 2 N–H and O–H groups in total. The Bertz CT molecular complexity index is 1730. The Morgan fingerprint density at radius 1 is 0.977 bits per heavy atom. The van der Waals surface area contributed by atoms with Crippen molar-refractivity contribution in [2.75, 3.05) is 32.0 Å². The van der Waals surface area contributed by atoms with Crippen LogP contribution in [0, 0.1) is 12.7 Å². The third kappa shape index (κ3) is 5.73. The Kier molecular flexibility index (Phi) is 7.33. The number of rotatable bonds is 8. The average molecular weight is 582 g/mol. The zero-order chi connectivity index (χ0) is 29.3. The number of hydrogen-bond acceptors (Lipinski definition) is 9. The summed E-state index contributed by atoms with van der Waals surface area (Å²) < 4.78 is 33.7. The number of imidazole rings is 1. The molecule has 0 bridgehead atoms. The van der Waals surface area contributed by atoms with Crippen LogP contribution in [0.4, 0.5) is 10.2 Å². The molecule has 7 rings (SSSR count). The monoisotopic (exact) mass is 581 g/mol. The van der Waals surface area contributed by atoms with Gasteiger partial charge in [-0.3, -0.25) is 9.30 Å². The van der Waals surface area contributed by atoms with Crippen LogP contribution < -0.4 is 15.2 Å². The minimum Gasteiger partial charge on any atom is -0.489 e. The SMILES string of the molecule is Cc1ncc(COc2cc(F)cc(Oc3ccc(-c4nc([C@H]5C[C@@H](N6CCOCC6)C5)n5ccnc(N)c45)cc3)c2)cn1. The Morgan fingerprint density at radius 2 is 1.72 bits per heavy atom. The molecule has 2 aromatic carbocycles. The maximum atomic E-state index is 14.4. The maximum Gasteiger partial charge on any atom is 0.150 e. The van der Waals surface area contributed by atoms with Crippen molar-refractivity contribution in [3.05, 3.63) is 90.3 Å². The van der Waals surface area contributed by atoms with Crippen molar-refractivity contribution >= 4 is 11.3 Å². The first-order valence-electron chi connectivity index (χ1n) is 14.4. The van der Waals surface area contributed by atoms with Crippen LogP contribution in [0.3, 0.4) is 0 Å². The first-order valence-corrected chi connectivity index (χ1v) is 14.4. The first kappa shape index (κ1) is 27.2. The fourth-order valence-corrected chi connectivity index (χ4v) is 5.77. The van der Waals surface area contributed by atoms with E-state index in [-0.39, 0.29) is 6.61 Å². The van der Waals surface area contributed by atoms with E-state index >= 15 is 0 Å². The largest absolute Gasteiger partial charge is 0.489 e. The van der Waals surface area contributed by atoms with Gasteiger partial charge in [0, 0.05) is 79.2 Å². The van der Waals surface area contributed by atoms with Crippen molar-refractivity contribution in [1.29, 1.82) is 0 Å². The summed E-state index contributed by atoms with van der Waals surface area (Å²) in [5, 5.41) is 0. The molecule has 1 saturated carbocycles. The lowest BCUT2D eigenvalue weighted by atomic mass is 9.78. The highest BCUT2D eigenvalue weighted by Gasteiger charge is 2.38.